The van der Waals surface area contributed by atoms with E-state index in [2.05, 4.69) is 33.0 Å². The van der Waals surface area contributed by atoms with E-state index in [0.717, 1.165) is 51.9 Å². The monoisotopic (exact) mass is 504 g/mol. The number of halogens is 1. The van der Waals surface area contributed by atoms with E-state index in [9.17, 15) is 4.79 Å². The Balaban J connectivity index is 1.46. The van der Waals surface area contributed by atoms with Crippen LogP contribution in [0.4, 0.5) is 0 Å². The van der Waals surface area contributed by atoms with E-state index in [-0.39, 0.29) is 12.0 Å². The van der Waals surface area contributed by atoms with Gasteiger partial charge in [0.1, 0.15) is 23.5 Å². The van der Waals surface area contributed by atoms with Gasteiger partial charge in [0.15, 0.2) is 5.82 Å². The van der Waals surface area contributed by atoms with Crippen LogP contribution in [0.25, 0.3) is 5.00 Å². The molecule has 1 aliphatic rings. The number of rotatable bonds is 6. The molecule has 6 nitrogen and oxygen atoms in total. The molecule has 0 radical (unpaired) electrons. The van der Waals surface area contributed by atoms with Gasteiger partial charge >= 0.3 is 5.97 Å². The number of benzene rings is 2. The van der Waals surface area contributed by atoms with Gasteiger partial charge in [-0.1, -0.05) is 54.1 Å². The summed E-state index contributed by atoms with van der Waals surface area (Å²) in [6.45, 7) is 5.74. The summed E-state index contributed by atoms with van der Waals surface area (Å²) in [5.41, 5.74) is 5.09. The van der Waals surface area contributed by atoms with Crippen LogP contribution >= 0.6 is 22.9 Å². The molecule has 2 aromatic carbocycles. The average molecular weight is 505 g/mol. The van der Waals surface area contributed by atoms with Crippen LogP contribution in [0.5, 0.6) is 0 Å². The lowest BCUT2D eigenvalue weighted by Gasteiger charge is -2.09. The summed E-state index contributed by atoms with van der Waals surface area (Å²) >= 11 is 8.35. The highest BCUT2D eigenvalue weighted by Crippen LogP contribution is 2.37. The van der Waals surface area contributed by atoms with Gasteiger partial charge in [0, 0.05) is 28.0 Å². The van der Waals surface area contributed by atoms with Gasteiger partial charge in [-0.2, -0.15) is 0 Å². The number of aliphatic imine (C=N–C) groups is 1. The Kier molecular flexibility index (Phi) is 6.54. The van der Waals surface area contributed by atoms with E-state index in [1.165, 1.54) is 17.4 Å². The zero-order valence-electron chi connectivity index (χ0n) is 19.8. The molecule has 4 aromatic rings. The predicted molar refractivity (Wildman–Crippen MR) is 139 cm³/mol. The topological polar surface area (TPSA) is 69.4 Å². The fraction of sp³-hybridized carbons (Fsp3) is 0.259. The fourth-order valence-electron chi connectivity index (χ4n) is 4.23. The number of ether oxygens (including phenoxy) is 1. The van der Waals surface area contributed by atoms with Crippen LogP contribution in [0.3, 0.4) is 0 Å². The zero-order chi connectivity index (χ0) is 24.5. The summed E-state index contributed by atoms with van der Waals surface area (Å²) in [5, 5.41) is 10.5. The lowest BCUT2D eigenvalue weighted by Crippen LogP contribution is -2.05. The highest BCUT2D eigenvalue weighted by atomic mass is 35.5. The SMILES string of the molecule is CC(=O)OCc1ccc(CCc2cc3c(s2)-n2c(C)nnc2C(C)N=C3c2ccccc2Cl)cc1. The second-order valence-corrected chi connectivity index (χ2v) is 10.1. The van der Waals surface area contributed by atoms with Gasteiger partial charge in [-0.05, 0) is 49.9 Å². The quantitative estimate of drug-likeness (QED) is 0.300. The number of nitrogens with zero attached hydrogens (tertiary/aromatic N) is 4. The van der Waals surface area contributed by atoms with Gasteiger partial charge in [-0.25, -0.2) is 0 Å². The standard InChI is InChI=1S/C27H25ClN4O2S/c1-16-26-31-30-17(2)32(26)27-23(25(29-16)22-6-4-5-7-24(22)28)14-21(35-27)13-12-19-8-10-20(11-9-19)15-34-18(3)33/h4-11,14,16H,12-13,15H2,1-3H3. The second-order valence-electron chi connectivity index (χ2n) is 8.60. The summed E-state index contributed by atoms with van der Waals surface area (Å²) in [7, 11) is 0. The minimum absolute atomic E-state index is 0.143. The van der Waals surface area contributed by atoms with Crippen LogP contribution in [-0.4, -0.2) is 26.4 Å². The Morgan fingerprint density at radius 1 is 1.06 bits per heavy atom. The molecular weight excluding hydrogens is 480 g/mol. The van der Waals surface area contributed by atoms with Crippen LogP contribution in [0.15, 0.2) is 59.6 Å². The van der Waals surface area contributed by atoms with Crippen LogP contribution in [0.1, 0.15) is 58.7 Å². The Hall–Kier alpha value is -3.29. The maximum absolute atomic E-state index is 11.0. The van der Waals surface area contributed by atoms with Crippen molar-refractivity contribution in [2.75, 3.05) is 0 Å². The third kappa shape index (κ3) is 4.79. The Morgan fingerprint density at radius 3 is 2.54 bits per heavy atom. The smallest absolute Gasteiger partial charge is 0.302 e. The van der Waals surface area contributed by atoms with Crippen molar-refractivity contribution in [3.63, 3.8) is 0 Å². The largest absolute Gasteiger partial charge is 0.461 e. The molecule has 2 aromatic heterocycles. The van der Waals surface area contributed by atoms with Gasteiger partial charge in [-0.3, -0.25) is 14.4 Å². The maximum atomic E-state index is 11.0. The van der Waals surface area contributed by atoms with Crippen molar-refractivity contribution in [1.82, 2.24) is 14.8 Å². The Morgan fingerprint density at radius 2 is 1.80 bits per heavy atom. The molecule has 0 fully saturated rings. The summed E-state index contributed by atoms with van der Waals surface area (Å²) in [6, 6.07) is 18.1. The number of hydrogen-bond donors (Lipinski definition) is 0. The van der Waals surface area contributed by atoms with Crippen LogP contribution in [0.2, 0.25) is 5.02 Å². The highest BCUT2D eigenvalue weighted by molar-refractivity contribution is 7.15. The number of carbonyl (C=O) groups excluding carboxylic acids is 1. The van der Waals surface area contributed by atoms with Gasteiger partial charge in [0.2, 0.25) is 0 Å². The van der Waals surface area contributed by atoms with E-state index in [1.54, 1.807) is 11.3 Å². The molecule has 0 saturated heterocycles. The third-order valence-electron chi connectivity index (χ3n) is 6.02. The number of aromatic nitrogens is 3. The average Bonchev–Trinajstić information content (AvgIpc) is 3.41. The lowest BCUT2D eigenvalue weighted by atomic mass is 10.0. The van der Waals surface area contributed by atoms with Crippen molar-refractivity contribution >= 4 is 34.6 Å². The molecule has 178 valence electrons. The molecule has 1 atom stereocenters. The van der Waals surface area contributed by atoms with Crippen molar-refractivity contribution in [2.45, 2.75) is 46.3 Å². The minimum Gasteiger partial charge on any atom is -0.461 e. The molecule has 0 saturated carbocycles. The lowest BCUT2D eigenvalue weighted by molar-refractivity contribution is -0.142. The molecule has 0 amide bonds. The molecular formula is C27H25ClN4O2S. The molecule has 0 N–H and O–H groups in total. The minimum atomic E-state index is -0.271. The number of hydrogen-bond acceptors (Lipinski definition) is 6. The van der Waals surface area contributed by atoms with Gasteiger partial charge < -0.3 is 4.74 Å². The normalized spacial score (nSPS) is 14.6. The molecule has 1 aliphatic heterocycles. The first-order chi connectivity index (χ1) is 16.9. The van der Waals surface area contributed by atoms with Crippen molar-refractivity contribution < 1.29 is 9.53 Å². The Bertz CT molecular complexity index is 1420. The summed E-state index contributed by atoms with van der Waals surface area (Å²) in [6.07, 6.45) is 1.79. The first-order valence-electron chi connectivity index (χ1n) is 11.5. The van der Waals surface area contributed by atoms with Gasteiger partial charge in [0.05, 0.1) is 5.71 Å². The van der Waals surface area contributed by atoms with Crippen molar-refractivity contribution in [1.29, 1.82) is 0 Å². The number of fused-ring (bicyclic) bond motifs is 3. The van der Waals surface area contributed by atoms with Crippen molar-refractivity contribution in [3.05, 3.63) is 98.4 Å². The predicted octanol–water partition coefficient (Wildman–Crippen LogP) is 6.05. The molecule has 0 spiro atoms. The van der Waals surface area contributed by atoms with Crippen LogP contribution < -0.4 is 0 Å². The first kappa shape index (κ1) is 23.5. The zero-order valence-corrected chi connectivity index (χ0v) is 21.4. The molecule has 0 aliphatic carbocycles. The highest BCUT2D eigenvalue weighted by Gasteiger charge is 2.28. The van der Waals surface area contributed by atoms with E-state index in [1.807, 2.05) is 50.2 Å². The van der Waals surface area contributed by atoms with Crippen LogP contribution in [-0.2, 0) is 29.0 Å². The van der Waals surface area contributed by atoms with Gasteiger partial charge in [-0.15, -0.1) is 21.5 Å². The maximum Gasteiger partial charge on any atom is 0.302 e. The van der Waals surface area contributed by atoms with Gasteiger partial charge in [0.25, 0.3) is 0 Å². The number of esters is 1. The molecule has 0 bridgehead atoms. The van der Waals surface area contributed by atoms with Crippen molar-refractivity contribution in [2.24, 2.45) is 4.99 Å². The number of thiophene rings is 1. The van der Waals surface area contributed by atoms with Crippen molar-refractivity contribution in [3.8, 4) is 5.00 Å². The van der Waals surface area contributed by atoms with Crippen LogP contribution in [0, 0.1) is 6.92 Å². The summed E-state index contributed by atoms with van der Waals surface area (Å²) in [5.74, 6) is 1.41. The Labute approximate surface area is 213 Å². The summed E-state index contributed by atoms with van der Waals surface area (Å²) < 4.78 is 7.21. The van der Waals surface area contributed by atoms with E-state index in [4.69, 9.17) is 21.3 Å². The number of aryl methyl sites for hydroxylation is 3. The van der Waals surface area contributed by atoms with E-state index >= 15 is 0 Å². The second kappa shape index (κ2) is 9.76. The van der Waals surface area contributed by atoms with E-state index in [0.29, 0.717) is 11.6 Å². The first-order valence-corrected chi connectivity index (χ1v) is 12.7. The van der Waals surface area contributed by atoms with E-state index < -0.39 is 0 Å². The summed E-state index contributed by atoms with van der Waals surface area (Å²) in [4.78, 5) is 17.3. The molecule has 3 heterocycles. The molecule has 5 rings (SSSR count). The molecule has 1 unspecified atom stereocenters. The number of carbonyl (C=O) groups is 1. The fourth-order valence-corrected chi connectivity index (χ4v) is 5.67. The molecule has 35 heavy (non-hydrogen) atoms. The molecule has 8 heteroatoms. The third-order valence-corrected chi connectivity index (χ3v) is 7.53.